The molecule has 0 saturated heterocycles. The van der Waals surface area contributed by atoms with Gasteiger partial charge >= 0.3 is 0 Å². The number of rotatable bonds is 3. The largest absolute Gasteiger partial charge is 0.508 e. The van der Waals surface area contributed by atoms with Gasteiger partial charge in [-0.3, -0.25) is 0 Å². The van der Waals surface area contributed by atoms with E-state index >= 15 is 0 Å². The van der Waals surface area contributed by atoms with Gasteiger partial charge in [0.15, 0.2) is 0 Å². The van der Waals surface area contributed by atoms with Gasteiger partial charge in [0.25, 0.3) is 0 Å². The zero-order chi connectivity index (χ0) is 11.9. The highest BCUT2D eigenvalue weighted by molar-refractivity contribution is 5.57. The maximum absolute atomic E-state index is 9.14. The van der Waals surface area contributed by atoms with Gasteiger partial charge in [-0.15, -0.1) is 0 Å². The van der Waals surface area contributed by atoms with E-state index in [1.165, 1.54) is 5.56 Å². The molecule has 0 aliphatic heterocycles. The molecule has 0 bridgehead atoms. The van der Waals surface area contributed by atoms with Crippen LogP contribution in [0.25, 0.3) is 12.2 Å². The minimum Gasteiger partial charge on any atom is -0.508 e. The number of allylic oxidation sites excluding steroid dienone is 2. The fourth-order valence-corrected chi connectivity index (χ4v) is 1.48. The fraction of sp³-hybridized carbons (Fsp3) is 0. The molecule has 84 valence electrons. The molecule has 0 amide bonds. The summed E-state index contributed by atoms with van der Waals surface area (Å²) in [6, 6.07) is 17.3. The smallest absolute Gasteiger partial charge is 0.115 e. The number of hydrogen-bond donors (Lipinski definition) is 1. The van der Waals surface area contributed by atoms with Crippen molar-refractivity contribution in [2.45, 2.75) is 0 Å². The molecule has 1 heteroatoms. The summed E-state index contributed by atoms with van der Waals surface area (Å²) in [6.45, 7) is 0. The van der Waals surface area contributed by atoms with Gasteiger partial charge in [0.05, 0.1) is 0 Å². The van der Waals surface area contributed by atoms with Crippen molar-refractivity contribution in [1.29, 1.82) is 0 Å². The highest BCUT2D eigenvalue weighted by atomic mass is 16.3. The van der Waals surface area contributed by atoms with Crippen molar-refractivity contribution in [1.82, 2.24) is 0 Å². The third-order valence-corrected chi connectivity index (χ3v) is 2.38. The first kappa shape index (κ1) is 11.2. The number of phenolic OH excluding ortho intramolecular Hbond substituents is 1. The molecule has 0 saturated carbocycles. The SMILES string of the molecule is Oc1ccc(C=C/C=C/c2ccccc2)cc1. The molecule has 2 rings (SSSR count). The molecule has 1 N–H and O–H groups in total. The standard InChI is InChI=1S/C16H14O/c17-16-12-10-15(11-13-16)9-5-4-8-14-6-2-1-3-7-14/h1-13,17H/b8-4+,9-5?. The van der Waals surface area contributed by atoms with Crippen LogP contribution in [0, 0.1) is 0 Å². The highest BCUT2D eigenvalue weighted by Crippen LogP contribution is 2.11. The first-order valence-electron chi connectivity index (χ1n) is 5.53. The molecule has 1 nitrogen and oxygen atoms in total. The molecule has 0 heterocycles. The molecule has 0 aliphatic carbocycles. The van der Waals surface area contributed by atoms with Crippen molar-refractivity contribution in [3.05, 3.63) is 77.9 Å². The molecule has 0 atom stereocenters. The molecule has 2 aromatic carbocycles. The molecule has 0 aromatic heterocycles. The molecule has 0 fully saturated rings. The summed E-state index contributed by atoms with van der Waals surface area (Å²) in [7, 11) is 0. The molecule has 0 aliphatic rings. The van der Waals surface area contributed by atoms with Crippen molar-refractivity contribution in [3.8, 4) is 5.75 Å². The number of hydrogen-bond acceptors (Lipinski definition) is 1. The van der Waals surface area contributed by atoms with Gasteiger partial charge in [0, 0.05) is 0 Å². The minimum atomic E-state index is 0.293. The number of phenols is 1. The zero-order valence-corrected chi connectivity index (χ0v) is 9.45. The van der Waals surface area contributed by atoms with Crippen molar-refractivity contribution >= 4 is 12.2 Å². The van der Waals surface area contributed by atoms with Crippen LogP contribution in [0.2, 0.25) is 0 Å². The summed E-state index contributed by atoms with van der Waals surface area (Å²) in [5.74, 6) is 0.293. The van der Waals surface area contributed by atoms with E-state index < -0.39 is 0 Å². The predicted octanol–water partition coefficient (Wildman–Crippen LogP) is 4.12. The number of aromatic hydroxyl groups is 1. The monoisotopic (exact) mass is 222 g/mol. The molecule has 0 spiro atoms. The van der Waals surface area contributed by atoms with Crippen LogP contribution >= 0.6 is 0 Å². The fourth-order valence-electron chi connectivity index (χ4n) is 1.48. The Labute approximate surface area is 101 Å². The molecular weight excluding hydrogens is 208 g/mol. The predicted molar refractivity (Wildman–Crippen MR) is 72.6 cm³/mol. The number of benzene rings is 2. The van der Waals surface area contributed by atoms with Crippen LogP contribution in [-0.2, 0) is 0 Å². The highest BCUT2D eigenvalue weighted by Gasteiger charge is 1.86. The average Bonchev–Trinajstić information content (AvgIpc) is 2.38. The van der Waals surface area contributed by atoms with Crippen LogP contribution < -0.4 is 0 Å². The van der Waals surface area contributed by atoms with Crippen LogP contribution in [-0.4, -0.2) is 5.11 Å². The van der Waals surface area contributed by atoms with E-state index in [4.69, 9.17) is 5.11 Å². The summed E-state index contributed by atoms with van der Waals surface area (Å²) >= 11 is 0. The van der Waals surface area contributed by atoms with Crippen LogP contribution in [0.4, 0.5) is 0 Å². The lowest BCUT2D eigenvalue weighted by atomic mass is 10.2. The van der Waals surface area contributed by atoms with Gasteiger partial charge in [-0.05, 0) is 23.3 Å². The third kappa shape index (κ3) is 3.65. The summed E-state index contributed by atoms with van der Waals surface area (Å²) in [5.41, 5.74) is 2.25. The second kappa shape index (κ2) is 5.71. The zero-order valence-electron chi connectivity index (χ0n) is 9.45. The van der Waals surface area contributed by atoms with Gasteiger partial charge < -0.3 is 5.11 Å². The Kier molecular flexibility index (Phi) is 3.77. The lowest BCUT2D eigenvalue weighted by molar-refractivity contribution is 0.475. The maximum atomic E-state index is 9.14. The van der Waals surface area contributed by atoms with Gasteiger partial charge in [-0.25, -0.2) is 0 Å². The average molecular weight is 222 g/mol. The first-order valence-corrected chi connectivity index (χ1v) is 5.53. The minimum absolute atomic E-state index is 0.293. The van der Waals surface area contributed by atoms with Crippen molar-refractivity contribution < 1.29 is 5.11 Å². The summed E-state index contributed by atoms with van der Waals surface area (Å²) in [6.07, 6.45) is 8.04. The Bertz CT molecular complexity index is 507. The van der Waals surface area contributed by atoms with E-state index in [9.17, 15) is 0 Å². The second-order valence-electron chi connectivity index (χ2n) is 3.72. The van der Waals surface area contributed by atoms with Gasteiger partial charge in [-0.1, -0.05) is 66.8 Å². The second-order valence-corrected chi connectivity index (χ2v) is 3.72. The van der Waals surface area contributed by atoms with Gasteiger partial charge in [0.2, 0.25) is 0 Å². The van der Waals surface area contributed by atoms with Crippen LogP contribution in [0.1, 0.15) is 11.1 Å². The van der Waals surface area contributed by atoms with E-state index in [1.54, 1.807) is 12.1 Å². The van der Waals surface area contributed by atoms with E-state index in [-0.39, 0.29) is 0 Å². The van der Waals surface area contributed by atoms with E-state index in [0.29, 0.717) is 5.75 Å². The molecule has 17 heavy (non-hydrogen) atoms. The summed E-state index contributed by atoms with van der Waals surface area (Å²) < 4.78 is 0. The van der Waals surface area contributed by atoms with E-state index in [0.717, 1.165) is 5.56 Å². The van der Waals surface area contributed by atoms with Gasteiger partial charge in [-0.2, -0.15) is 0 Å². The Morgan fingerprint density at radius 3 is 1.76 bits per heavy atom. The molecule has 2 aromatic rings. The molecular formula is C16H14O. The van der Waals surface area contributed by atoms with Crippen LogP contribution in [0.3, 0.4) is 0 Å². The van der Waals surface area contributed by atoms with Crippen LogP contribution in [0.5, 0.6) is 5.75 Å². The summed E-state index contributed by atoms with van der Waals surface area (Å²) in [5, 5.41) is 9.14. The summed E-state index contributed by atoms with van der Waals surface area (Å²) in [4.78, 5) is 0. The molecule has 0 unspecified atom stereocenters. The topological polar surface area (TPSA) is 20.2 Å². The third-order valence-electron chi connectivity index (χ3n) is 2.38. The normalized spacial score (nSPS) is 11.3. The maximum Gasteiger partial charge on any atom is 0.115 e. The van der Waals surface area contributed by atoms with E-state index in [1.807, 2.05) is 48.6 Å². The Hall–Kier alpha value is -2.28. The lowest BCUT2D eigenvalue weighted by Gasteiger charge is -1.92. The van der Waals surface area contributed by atoms with Crippen molar-refractivity contribution in [2.75, 3.05) is 0 Å². The Balaban J connectivity index is 1.98. The Morgan fingerprint density at radius 1 is 0.647 bits per heavy atom. The Morgan fingerprint density at radius 2 is 1.18 bits per heavy atom. The van der Waals surface area contributed by atoms with Crippen LogP contribution in [0.15, 0.2) is 66.7 Å². The molecule has 0 radical (unpaired) electrons. The van der Waals surface area contributed by atoms with E-state index in [2.05, 4.69) is 18.2 Å². The van der Waals surface area contributed by atoms with Crippen molar-refractivity contribution in [2.24, 2.45) is 0 Å². The quantitative estimate of drug-likeness (QED) is 0.774. The lowest BCUT2D eigenvalue weighted by Crippen LogP contribution is -1.69. The van der Waals surface area contributed by atoms with Gasteiger partial charge in [0.1, 0.15) is 5.75 Å². The first-order chi connectivity index (χ1) is 8.34. The van der Waals surface area contributed by atoms with Crippen molar-refractivity contribution in [3.63, 3.8) is 0 Å².